The molecule has 9 aliphatic rings. The van der Waals surface area contributed by atoms with Crippen molar-refractivity contribution in [2.45, 2.75) is 215 Å². The number of aliphatic hydroxyl groups is 4. The van der Waals surface area contributed by atoms with Gasteiger partial charge in [0.2, 0.25) is 0 Å². The molecule has 8 saturated carbocycles. The Bertz CT molecular complexity index is 1430. The molecule has 7 nitrogen and oxygen atoms in total. The van der Waals surface area contributed by atoms with Crippen LogP contribution in [0.1, 0.15) is 192 Å². The Hall–Kier alpha value is 1.18. The molecule has 0 spiro atoms. The molecule has 1 saturated heterocycles. The van der Waals surface area contributed by atoms with Crippen LogP contribution in [0.2, 0.25) is 1.41 Å². The number of nitrogens with one attached hydrogen (secondary N) is 1. The standard InChI is InChI=1S/C25H44O3.C21H36O2.C4H8O.CH4.HI2N/c1-22(2,26)16-28-15-18-7-9-20-19-8-6-17-14-23(3,27)12-13-25(17,5)21(19)10-11-24(18,20)4;1-19(23)10-11-21(3)14(12-19)4-6-16-17-7-5-15(13-22)20(17,2)9-8-18(16)21;1-4(2)3-5-4;;1-3-2/h17-21,26-27H,6-16H2,1-5H3;14-18,22-23H,4-13H2,1-3H3;3H2,1-2H3;1H4;3H/t17-,18+,19-,20-,21-,23-,24+,25-;14-,15+,16-,17-,18-,19-,20+,21-;;;/m00.../s1/i/hT. The van der Waals surface area contributed by atoms with Crippen LogP contribution in [-0.2, 0) is 9.47 Å². The van der Waals surface area contributed by atoms with Crippen LogP contribution in [0.4, 0.5) is 0 Å². The highest BCUT2D eigenvalue weighted by molar-refractivity contribution is 14.2. The Morgan fingerprint density at radius 1 is 0.633 bits per heavy atom. The summed E-state index contributed by atoms with van der Waals surface area (Å²) >= 11 is 3.66. The molecule has 0 aromatic heterocycles. The molecule has 1 aliphatic heterocycles. The van der Waals surface area contributed by atoms with Crippen molar-refractivity contribution >= 4 is 45.7 Å². The van der Waals surface area contributed by atoms with Crippen molar-refractivity contribution in [2.24, 2.45) is 80.8 Å². The van der Waals surface area contributed by atoms with E-state index in [4.69, 9.17) is 10.9 Å². The van der Waals surface area contributed by atoms with E-state index in [1.165, 1.54) is 91.6 Å². The molecule has 16 atom stereocenters. The van der Waals surface area contributed by atoms with Gasteiger partial charge in [0, 0.05) is 52.3 Å². The molecule has 0 radical (unpaired) electrons. The van der Waals surface area contributed by atoms with Gasteiger partial charge in [-0.15, -0.1) is 0 Å². The highest BCUT2D eigenvalue weighted by atomic mass is 127. The minimum absolute atomic E-state index is 0. The first-order valence-electron chi connectivity index (χ1n) is 24.7. The summed E-state index contributed by atoms with van der Waals surface area (Å²) in [6.45, 7) is 24.7. The van der Waals surface area contributed by atoms with Crippen molar-refractivity contribution in [3.05, 3.63) is 0 Å². The molecule has 352 valence electrons. The van der Waals surface area contributed by atoms with E-state index in [0.717, 1.165) is 80.3 Å². The number of ether oxygens (including phenoxy) is 2. The number of fused-ring (bicyclic) bond motifs is 10. The highest BCUT2D eigenvalue weighted by Crippen LogP contribution is 2.69. The molecule has 0 aromatic rings. The lowest BCUT2D eigenvalue weighted by atomic mass is 9.44. The lowest BCUT2D eigenvalue weighted by Gasteiger charge is -2.62. The van der Waals surface area contributed by atoms with Gasteiger partial charge in [0.05, 0.1) is 42.2 Å². The van der Waals surface area contributed by atoms with E-state index in [1.54, 1.807) is 0 Å². The Balaban J connectivity index is 0.000000191. The summed E-state index contributed by atoms with van der Waals surface area (Å²) in [6.07, 6.45) is 22.5. The lowest BCUT2D eigenvalue weighted by molar-refractivity contribution is -0.149. The first kappa shape index (κ1) is 50.6. The summed E-state index contributed by atoms with van der Waals surface area (Å²) in [7, 11) is 0. The molecule has 9 rings (SSSR count). The first-order chi connectivity index (χ1) is 27.7. The normalized spacial score (nSPS) is 49.7. The second-order valence-electron chi connectivity index (χ2n) is 25.0. The second-order valence-corrected chi connectivity index (χ2v) is 27.8. The molecule has 0 bridgehead atoms. The summed E-state index contributed by atoms with van der Waals surface area (Å²) in [4.78, 5) is 0. The van der Waals surface area contributed by atoms with Gasteiger partial charge >= 0.3 is 0 Å². The Morgan fingerprint density at radius 3 is 1.40 bits per heavy atom. The van der Waals surface area contributed by atoms with Crippen LogP contribution >= 0.6 is 45.7 Å². The summed E-state index contributed by atoms with van der Waals surface area (Å²) < 4.78 is 18.5. The van der Waals surface area contributed by atoms with Crippen molar-refractivity contribution in [2.75, 3.05) is 26.4 Å². The molecule has 0 amide bonds. The van der Waals surface area contributed by atoms with E-state index in [1.807, 2.05) is 59.6 Å². The van der Waals surface area contributed by atoms with Gasteiger partial charge in [0.15, 0.2) is 0 Å². The zero-order valence-electron chi connectivity index (χ0n) is 40.1. The Morgan fingerprint density at radius 2 is 1.02 bits per heavy atom. The fourth-order valence-corrected chi connectivity index (χ4v) is 16.2. The van der Waals surface area contributed by atoms with Crippen molar-refractivity contribution in [1.29, 1.82) is 0 Å². The van der Waals surface area contributed by atoms with Crippen LogP contribution in [0.5, 0.6) is 0 Å². The number of aliphatic hydroxyl groups excluding tert-OH is 1. The predicted molar refractivity (Wildman–Crippen MR) is 264 cm³/mol. The van der Waals surface area contributed by atoms with Crippen molar-refractivity contribution in [3.63, 3.8) is 0 Å². The smallest absolute Gasteiger partial charge is 0.147 e. The number of hydrogen-bond acceptors (Lipinski definition) is 7. The van der Waals surface area contributed by atoms with Crippen molar-refractivity contribution in [3.8, 4) is 0 Å². The molecular formula is C51H93I2NO6. The van der Waals surface area contributed by atoms with E-state index >= 15 is 0 Å². The maximum Gasteiger partial charge on any atom is 0.147 e. The van der Waals surface area contributed by atoms with E-state index < -0.39 is 16.8 Å². The third-order valence-corrected chi connectivity index (χ3v) is 20.0. The molecule has 8 aliphatic carbocycles. The van der Waals surface area contributed by atoms with Crippen LogP contribution < -0.4 is 1.74 Å². The van der Waals surface area contributed by atoms with Gasteiger partial charge in [-0.2, -0.15) is 0 Å². The molecule has 1 heterocycles. The van der Waals surface area contributed by atoms with E-state index in [2.05, 4.69) is 55.4 Å². The average Bonchev–Trinajstić information content (AvgIpc) is 3.56. The summed E-state index contributed by atoms with van der Waals surface area (Å²) in [5.74, 6) is 7.83. The third-order valence-electron chi connectivity index (χ3n) is 20.0. The quantitative estimate of drug-likeness (QED) is 0.106. The lowest BCUT2D eigenvalue weighted by Crippen LogP contribution is -2.55. The minimum atomic E-state index is -0.730. The largest absolute Gasteiger partial charge is 0.396 e. The zero-order valence-corrected chi connectivity index (χ0v) is 43.5. The Labute approximate surface area is 398 Å². The molecule has 0 unspecified atom stereocenters. The average molecular weight is 1070 g/mol. The van der Waals surface area contributed by atoms with E-state index in [9.17, 15) is 20.4 Å². The number of epoxide rings is 1. The van der Waals surface area contributed by atoms with Gasteiger partial charge < -0.3 is 29.9 Å². The molecule has 0 aromatic carbocycles. The fourth-order valence-electron chi connectivity index (χ4n) is 16.2. The predicted octanol–water partition coefficient (Wildman–Crippen LogP) is 12.3. The first-order valence-corrected chi connectivity index (χ1v) is 26.2. The highest BCUT2D eigenvalue weighted by Gasteiger charge is 2.62. The van der Waals surface area contributed by atoms with Crippen LogP contribution in [0, 0.1) is 80.8 Å². The number of halogens is 2. The SMILES string of the molecule is C.CC(C)(O)COC[C@H]1CC[C@H]2[C@@H]3CC[C@H]4C[C@@](C)(O)CC[C@]4(C)[C@H]3CC[C@]12C.CC1(C)CO1.C[C@]1(O)CC[C@@]2(C)[C@@H](CC[C@@H]3[C@@H]2CC[C@]2(C)[C@@H](CO)CC[C@@H]32)C1.[3H]N(I)I. The van der Waals surface area contributed by atoms with Crippen LogP contribution in [-0.4, -0.2) is 69.3 Å². The number of hydrogen-bond donors (Lipinski definition) is 5. The molecule has 9 fully saturated rings. The van der Waals surface area contributed by atoms with E-state index in [-0.39, 0.29) is 13.0 Å². The third kappa shape index (κ3) is 11.0. The monoisotopic (exact) mass is 1070 g/mol. The molecule has 5 N–H and O–H groups in total. The second kappa shape index (κ2) is 19.4. The van der Waals surface area contributed by atoms with Crippen LogP contribution in [0.3, 0.4) is 0 Å². The van der Waals surface area contributed by atoms with E-state index in [0.29, 0.717) is 52.6 Å². The zero-order chi connectivity index (χ0) is 44.3. The maximum absolute atomic E-state index is 10.7. The maximum atomic E-state index is 10.7. The molecule has 9 heteroatoms. The summed E-state index contributed by atoms with van der Waals surface area (Å²) in [5.41, 5.74) is 0.396. The fraction of sp³-hybridized carbons (Fsp3) is 1.00. The number of rotatable bonds is 5. The summed E-state index contributed by atoms with van der Waals surface area (Å²) in [5, 5.41) is 41.0. The van der Waals surface area contributed by atoms with Crippen molar-refractivity contribution in [1.82, 2.24) is 1.74 Å². The van der Waals surface area contributed by atoms with Gasteiger partial charge in [-0.1, -0.05) is 35.1 Å². The van der Waals surface area contributed by atoms with Crippen LogP contribution in [0.15, 0.2) is 0 Å². The minimum Gasteiger partial charge on any atom is -0.396 e. The molecular weight excluding hydrogens is 976 g/mol. The van der Waals surface area contributed by atoms with Gasteiger partial charge in [-0.05, 0) is 238 Å². The molecule has 60 heavy (non-hydrogen) atoms. The van der Waals surface area contributed by atoms with Gasteiger partial charge in [-0.3, -0.25) is 0 Å². The topological polar surface area (TPSA) is 115 Å². The summed E-state index contributed by atoms with van der Waals surface area (Å²) in [6, 6.07) is 0. The van der Waals surface area contributed by atoms with Gasteiger partial charge in [-0.25, -0.2) is 1.74 Å². The van der Waals surface area contributed by atoms with Crippen LogP contribution in [0.25, 0.3) is 0 Å². The van der Waals surface area contributed by atoms with Crippen molar-refractivity contribution < 1.29 is 31.3 Å². The van der Waals surface area contributed by atoms with Gasteiger partial charge in [0.25, 0.3) is 0 Å². The van der Waals surface area contributed by atoms with Gasteiger partial charge in [0.1, 0.15) is 1.41 Å². The Kier molecular flexibility index (Phi) is 16.4.